The summed E-state index contributed by atoms with van der Waals surface area (Å²) in [5, 5.41) is 2.90. The zero-order chi connectivity index (χ0) is 21.9. The average molecular weight is 417 g/mol. The third kappa shape index (κ3) is 6.26. The minimum atomic E-state index is -0.553. The van der Waals surface area contributed by atoms with Gasteiger partial charge in [0.2, 0.25) is 0 Å². The molecule has 2 atom stereocenters. The molecule has 0 aromatic heterocycles. The molecule has 0 radical (unpaired) electrons. The summed E-state index contributed by atoms with van der Waals surface area (Å²) in [6.45, 7) is 8.73. The fourth-order valence-corrected chi connectivity index (χ4v) is 3.88. The quantitative estimate of drug-likeness (QED) is 0.758. The molecule has 162 valence electrons. The highest BCUT2D eigenvalue weighted by molar-refractivity contribution is 5.68. The number of benzene rings is 2. The fourth-order valence-electron chi connectivity index (χ4n) is 3.88. The van der Waals surface area contributed by atoms with Crippen molar-refractivity contribution >= 4 is 6.09 Å². The van der Waals surface area contributed by atoms with Gasteiger partial charge in [-0.3, -0.25) is 4.90 Å². The SMILES string of the molecule is C[C@H](CN1Cc2ccc(F)cc2CC1Cc1ccc(F)cc1)NC(=O)OC(C)(C)C. The summed E-state index contributed by atoms with van der Waals surface area (Å²) in [5.41, 5.74) is 2.57. The zero-order valence-corrected chi connectivity index (χ0v) is 18.0. The van der Waals surface area contributed by atoms with Crippen LogP contribution in [0.3, 0.4) is 0 Å². The van der Waals surface area contributed by atoms with E-state index in [2.05, 4.69) is 10.2 Å². The lowest BCUT2D eigenvalue weighted by Gasteiger charge is -2.38. The Morgan fingerprint density at radius 1 is 1.13 bits per heavy atom. The van der Waals surface area contributed by atoms with E-state index in [1.807, 2.05) is 33.8 Å². The van der Waals surface area contributed by atoms with Crippen LogP contribution in [0.5, 0.6) is 0 Å². The summed E-state index contributed by atoms with van der Waals surface area (Å²) < 4.78 is 32.4. The van der Waals surface area contributed by atoms with E-state index in [0.29, 0.717) is 19.5 Å². The number of fused-ring (bicyclic) bond motifs is 1. The Balaban J connectivity index is 1.73. The molecule has 0 saturated carbocycles. The third-order valence-corrected chi connectivity index (χ3v) is 5.17. The van der Waals surface area contributed by atoms with Gasteiger partial charge in [-0.2, -0.15) is 0 Å². The van der Waals surface area contributed by atoms with Gasteiger partial charge in [-0.15, -0.1) is 0 Å². The number of hydrogen-bond donors (Lipinski definition) is 1. The lowest BCUT2D eigenvalue weighted by atomic mass is 9.90. The number of halogens is 2. The molecule has 2 aromatic rings. The molecule has 1 aliphatic heterocycles. The van der Waals surface area contributed by atoms with E-state index in [9.17, 15) is 13.6 Å². The summed E-state index contributed by atoms with van der Waals surface area (Å²) >= 11 is 0. The van der Waals surface area contributed by atoms with E-state index in [-0.39, 0.29) is 23.7 Å². The zero-order valence-electron chi connectivity index (χ0n) is 18.0. The molecule has 0 fully saturated rings. The van der Waals surface area contributed by atoms with E-state index in [0.717, 1.165) is 23.1 Å². The van der Waals surface area contributed by atoms with Crippen LogP contribution in [-0.4, -0.2) is 35.2 Å². The number of amides is 1. The molecule has 1 N–H and O–H groups in total. The van der Waals surface area contributed by atoms with Crippen LogP contribution in [0, 0.1) is 11.6 Å². The lowest BCUT2D eigenvalue weighted by Crippen LogP contribution is -2.49. The van der Waals surface area contributed by atoms with Gasteiger partial charge in [0.25, 0.3) is 0 Å². The summed E-state index contributed by atoms with van der Waals surface area (Å²) in [7, 11) is 0. The molecule has 3 rings (SSSR count). The molecule has 2 aromatic carbocycles. The van der Waals surface area contributed by atoms with E-state index in [4.69, 9.17) is 4.74 Å². The maximum absolute atomic E-state index is 13.8. The predicted molar refractivity (Wildman–Crippen MR) is 113 cm³/mol. The van der Waals surface area contributed by atoms with Crippen molar-refractivity contribution in [2.75, 3.05) is 6.54 Å². The first-order valence-corrected chi connectivity index (χ1v) is 10.3. The summed E-state index contributed by atoms with van der Waals surface area (Å²) in [6, 6.07) is 11.4. The number of nitrogens with one attached hydrogen (secondary N) is 1. The highest BCUT2D eigenvalue weighted by Crippen LogP contribution is 2.26. The third-order valence-electron chi connectivity index (χ3n) is 5.17. The number of nitrogens with zero attached hydrogens (tertiary/aromatic N) is 1. The highest BCUT2D eigenvalue weighted by atomic mass is 19.1. The molecular formula is C24H30F2N2O2. The Morgan fingerprint density at radius 3 is 2.47 bits per heavy atom. The first kappa shape index (κ1) is 22.2. The molecule has 0 spiro atoms. The topological polar surface area (TPSA) is 41.6 Å². The number of rotatable bonds is 5. The van der Waals surface area contributed by atoms with Gasteiger partial charge in [-0.25, -0.2) is 13.6 Å². The first-order valence-electron chi connectivity index (χ1n) is 10.3. The van der Waals surface area contributed by atoms with Crippen LogP contribution in [0.2, 0.25) is 0 Å². The maximum Gasteiger partial charge on any atom is 0.407 e. The molecule has 1 aliphatic rings. The van der Waals surface area contributed by atoms with Gasteiger partial charge < -0.3 is 10.1 Å². The second kappa shape index (κ2) is 9.13. The Bertz CT molecular complexity index is 878. The van der Waals surface area contributed by atoms with Crippen molar-refractivity contribution in [1.82, 2.24) is 10.2 Å². The van der Waals surface area contributed by atoms with Crippen molar-refractivity contribution in [3.63, 3.8) is 0 Å². The minimum absolute atomic E-state index is 0.118. The minimum Gasteiger partial charge on any atom is -0.444 e. The van der Waals surface area contributed by atoms with Gasteiger partial charge in [0.1, 0.15) is 17.2 Å². The Kier molecular flexibility index (Phi) is 6.76. The van der Waals surface area contributed by atoms with Crippen molar-refractivity contribution in [1.29, 1.82) is 0 Å². The summed E-state index contributed by atoms with van der Waals surface area (Å²) in [4.78, 5) is 14.4. The van der Waals surface area contributed by atoms with Crippen molar-refractivity contribution < 1.29 is 18.3 Å². The number of hydrogen-bond acceptors (Lipinski definition) is 3. The van der Waals surface area contributed by atoms with Crippen LogP contribution in [-0.2, 0) is 24.1 Å². The Morgan fingerprint density at radius 2 is 1.80 bits per heavy atom. The van der Waals surface area contributed by atoms with Crippen LogP contribution < -0.4 is 5.32 Å². The van der Waals surface area contributed by atoms with Crippen molar-refractivity contribution in [3.8, 4) is 0 Å². The Hall–Kier alpha value is -2.47. The van der Waals surface area contributed by atoms with Crippen molar-refractivity contribution in [2.24, 2.45) is 0 Å². The molecule has 4 nitrogen and oxygen atoms in total. The van der Waals surface area contributed by atoms with Crippen LogP contribution in [0.1, 0.15) is 44.4 Å². The van der Waals surface area contributed by atoms with E-state index in [1.54, 1.807) is 18.2 Å². The average Bonchev–Trinajstić information content (AvgIpc) is 2.62. The number of carbonyl (C=O) groups is 1. The van der Waals surface area contributed by atoms with Gasteiger partial charge >= 0.3 is 6.09 Å². The van der Waals surface area contributed by atoms with Crippen molar-refractivity contribution in [2.45, 2.75) is 64.8 Å². The van der Waals surface area contributed by atoms with Gasteiger partial charge in [-0.05, 0) is 81.5 Å². The molecule has 6 heteroatoms. The smallest absolute Gasteiger partial charge is 0.407 e. The van der Waals surface area contributed by atoms with Gasteiger partial charge in [-0.1, -0.05) is 18.2 Å². The monoisotopic (exact) mass is 416 g/mol. The second-order valence-electron chi connectivity index (χ2n) is 9.08. The highest BCUT2D eigenvalue weighted by Gasteiger charge is 2.28. The van der Waals surface area contributed by atoms with Crippen LogP contribution >= 0.6 is 0 Å². The van der Waals surface area contributed by atoms with Crippen LogP contribution in [0.15, 0.2) is 42.5 Å². The van der Waals surface area contributed by atoms with Gasteiger partial charge in [0.05, 0.1) is 0 Å². The van der Waals surface area contributed by atoms with E-state index >= 15 is 0 Å². The maximum atomic E-state index is 13.8. The van der Waals surface area contributed by atoms with Crippen LogP contribution in [0.25, 0.3) is 0 Å². The molecular weight excluding hydrogens is 386 g/mol. The summed E-state index contributed by atoms with van der Waals surface area (Å²) in [5.74, 6) is -0.496. The van der Waals surface area contributed by atoms with Crippen molar-refractivity contribution in [3.05, 3.63) is 70.8 Å². The molecule has 0 aliphatic carbocycles. The van der Waals surface area contributed by atoms with Gasteiger partial charge in [0, 0.05) is 25.2 Å². The number of alkyl carbamates (subject to hydrolysis) is 1. The number of ether oxygens (including phenoxy) is 1. The number of carbonyl (C=O) groups excluding carboxylic acids is 1. The largest absolute Gasteiger partial charge is 0.444 e. The molecule has 1 unspecified atom stereocenters. The second-order valence-corrected chi connectivity index (χ2v) is 9.08. The molecule has 0 bridgehead atoms. The molecule has 30 heavy (non-hydrogen) atoms. The lowest BCUT2D eigenvalue weighted by molar-refractivity contribution is 0.0485. The first-order chi connectivity index (χ1) is 14.1. The standard InChI is InChI=1S/C24H30F2N2O2/c1-16(27-23(29)30-24(2,3)4)14-28-15-18-7-10-21(26)12-19(18)13-22(28)11-17-5-8-20(25)9-6-17/h5-10,12,16,22H,11,13-15H2,1-4H3,(H,27,29)/t16-,22?/m1/s1. The molecule has 1 heterocycles. The predicted octanol–water partition coefficient (Wildman–Crippen LogP) is 4.85. The van der Waals surface area contributed by atoms with E-state index < -0.39 is 11.7 Å². The normalized spacial score (nSPS) is 17.9. The van der Waals surface area contributed by atoms with E-state index in [1.165, 1.54) is 18.2 Å². The Labute approximate surface area is 177 Å². The van der Waals surface area contributed by atoms with Crippen LogP contribution in [0.4, 0.5) is 13.6 Å². The molecule has 1 amide bonds. The van der Waals surface area contributed by atoms with Gasteiger partial charge in [0.15, 0.2) is 0 Å². The summed E-state index contributed by atoms with van der Waals surface area (Å²) in [6.07, 6.45) is 0.975. The fraction of sp³-hybridized carbons (Fsp3) is 0.458. The molecule has 0 saturated heterocycles.